The van der Waals surface area contributed by atoms with E-state index in [2.05, 4.69) is 15.8 Å². The fourth-order valence-electron chi connectivity index (χ4n) is 2.53. The highest BCUT2D eigenvalue weighted by molar-refractivity contribution is 6.37. The summed E-state index contributed by atoms with van der Waals surface area (Å²) in [5.41, 5.74) is 4.45. The predicted octanol–water partition coefficient (Wildman–Crippen LogP) is 5.02. The van der Waals surface area contributed by atoms with Crippen LogP contribution in [0.2, 0.25) is 10.0 Å². The van der Waals surface area contributed by atoms with Crippen molar-refractivity contribution < 1.29 is 14.3 Å². The number of methoxy groups -OCH3 is 1. The van der Waals surface area contributed by atoms with E-state index >= 15 is 0 Å². The normalized spacial score (nSPS) is 10.6. The first-order valence-electron chi connectivity index (χ1n) is 8.80. The highest BCUT2D eigenvalue weighted by Crippen LogP contribution is 2.22. The van der Waals surface area contributed by atoms with Crippen molar-refractivity contribution in [2.75, 3.05) is 12.4 Å². The molecule has 0 spiro atoms. The first-order chi connectivity index (χ1) is 14.5. The van der Waals surface area contributed by atoms with E-state index in [1.165, 1.54) is 12.3 Å². The molecule has 2 amide bonds. The number of benzene rings is 3. The van der Waals surface area contributed by atoms with Crippen LogP contribution in [0.5, 0.6) is 5.75 Å². The Bertz CT molecular complexity index is 1100. The summed E-state index contributed by atoms with van der Waals surface area (Å²) in [5, 5.41) is 7.37. The maximum atomic E-state index is 12.3. The van der Waals surface area contributed by atoms with E-state index in [1.54, 1.807) is 49.6 Å². The lowest BCUT2D eigenvalue weighted by molar-refractivity contribution is 0.0954. The molecule has 30 heavy (non-hydrogen) atoms. The fourth-order valence-corrected chi connectivity index (χ4v) is 3.02. The summed E-state index contributed by atoms with van der Waals surface area (Å²) < 4.78 is 5.14. The first kappa shape index (κ1) is 21.4. The van der Waals surface area contributed by atoms with Gasteiger partial charge in [0.1, 0.15) is 5.75 Å². The van der Waals surface area contributed by atoms with Gasteiger partial charge in [0.05, 0.1) is 23.9 Å². The zero-order chi connectivity index (χ0) is 21.5. The molecule has 152 valence electrons. The van der Waals surface area contributed by atoms with Crippen molar-refractivity contribution in [2.24, 2.45) is 5.10 Å². The number of anilines is 1. The van der Waals surface area contributed by atoms with Gasteiger partial charge >= 0.3 is 0 Å². The number of nitrogens with one attached hydrogen (secondary N) is 2. The van der Waals surface area contributed by atoms with Crippen LogP contribution in [0.15, 0.2) is 71.8 Å². The molecule has 0 aliphatic carbocycles. The van der Waals surface area contributed by atoms with E-state index in [0.29, 0.717) is 27.6 Å². The largest absolute Gasteiger partial charge is 0.497 e. The Labute approximate surface area is 183 Å². The number of amides is 2. The average molecular weight is 442 g/mol. The van der Waals surface area contributed by atoms with Crippen molar-refractivity contribution in [3.8, 4) is 5.75 Å². The number of halogens is 2. The first-order valence-corrected chi connectivity index (χ1v) is 9.56. The van der Waals surface area contributed by atoms with Crippen molar-refractivity contribution in [1.29, 1.82) is 0 Å². The van der Waals surface area contributed by atoms with Gasteiger partial charge < -0.3 is 10.1 Å². The molecule has 3 rings (SSSR count). The number of hydrogen-bond donors (Lipinski definition) is 2. The third-order valence-electron chi connectivity index (χ3n) is 4.05. The highest BCUT2D eigenvalue weighted by Gasteiger charge is 2.11. The van der Waals surface area contributed by atoms with Gasteiger partial charge in [0, 0.05) is 16.3 Å². The molecule has 0 aliphatic heterocycles. The van der Waals surface area contributed by atoms with Gasteiger partial charge in [-0.25, -0.2) is 5.43 Å². The summed E-state index contributed by atoms with van der Waals surface area (Å²) in [6.07, 6.45) is 1.52. The number of carbonyl (C=O) groups excluding carboxylic acids is 2. The van der Waals surface area contributed by atoms with Gasteiger partial charge in [-0.05, 0) is 60.2 Å². The maximum absolute atomic E-state index is 12.3. The number of ether oxygens (including phenoxy) is 1. The molecule has 0 unspecified atom stereocenters. The lowest BCUT2D eigenvalue weighted by atomic mass is 10.1. The predicted molar refractivity (Wildman–Crippen MR) is 119 cm³/mol. The number of hydrazone groups is 1. The van der Waals surface area contributed by atoms with Crippen molar-refractivity contribution in [3.05, 3.63) is 93.5 Å². The lowest BCUT2D eigenvalue weighted by Crippen LogP contribution is -2.18. The summed E-state index contributed by atoms with van der Waals surface area (Å²) in [4.78, 5) is 24.6. The Balaban J connectivity index is 1.59. The third-order valence-corrected chi connectivity index (χ3v) is 4.60. The lowest BCUT2D eigenvalue weighted by Gasteiger charge is -2.08. The highest BCUT2D eigenvalue weighted by atomic mass is 35.5. The minimum absolute atomic E-state index is 0.255. The van der Waals surface area contributed by atoms with Crippen LogP contribution < -0.4 is 15.5 Å². The number of hydrogen-bond acceptors (Lipinski definition) is 4. The van der Waals surface area contributed by atoms with Crippen LogP contribution in [0, 0.1) is 0 Å². The molecule has 0 heterocycles. The second-order valence-corrected chi connectivity index (χ2v) is 6.98. The van der Waals surface area contributed by atoms with Crippen LogP contribution in [0.1, 0.15) is 26.3 Å². The quantitative estimate of drug-likeness (QED) is 0.416. The summed E-state index contributed by atoms with van der Waals surface area (Å²) in [7, 11) is 1.58. The van der Waals surface area contributed by atoms with E-state index < -0.39 is 0 Å². The van der Waals surface area contributed by atoms with Crippen LogP contribution >= 0.6 is 23.2 Å². The molecular formula is C22H17Cl2N3O3. The second kappa shape index (κ2) is 9.91. The molecule has 0 atom stereocenters. The summed E-state index contributed by atoms with van der Waals surface area (Å²) in [5.74, 6) is -0.0627. The van der Waals surface area contributed by atoms with Gasteiger partial charge in [0.2, 0.25) is 0 Å². The summed E-state index contributed by atoms with van der Waals surface area (Å²) in [6, 6.07) is 18.3. The Hall–Kier alpha value is -3.35. The average Bonchev–Trinajstić information content (AvgIpc) is 2.74. The minimum atomic E-state index is -0.382. The Morgan fingerprint density at radius 1 is 0.967 bits per heavy atom. The summed E-state index contributed by atoms with van der Waals surface area (Å²) >= 11 is 11.9. The molecule has 0 aromatic heterocycles. The number of rotatable bonds is 6. The van der Waals surface area contributed by atoms with Crippen molar-refractivity contribution in [2.45, 2.75) is 0 Å². The molecule has 3 aromatic rings. The number of carbonyl (C=O) groups is 2. The van der Waals surface area contributed by atoms with E-state index in [0.717, 1.165) is 5.56 Å². The van der Waals surface area contributed by atoms with Gasteiger partial charge in [-0.1, -0.05) is 35.3 Å². The van der Waals surface area contributed by atoms with Crippen LogP contribution in [-0.4, -0.2) is 25.1 Å². The van der Waals surface area contributed by atoms with Crippen LogP contribution in [0.3, 0.4) is 0 Å². The van der Waals surface area contributed by atoms with Gasteiger partial charge in [-0.15, -0.1) is 0 Å². The zero-order valence-corrected chi connectivity index (χ0v) is 17.4. The van der Waals surface area contributed by atoms with Crippen molar-refractivity contribution in [1.82, 2.24) is 5.43 Å². The van der Waals surface area contributed by atoms with E-state index in [1.807, 2.05) is 18.2 Å². The molecular weight excluding hydrogens is 425 g/mol. The maximum Gasteiger partial charge on any atom is 0.271 e. The van der Waals surface area contributed by atoms with Gasteiger partial charge in [-0.2, -0.15) is 5.10 Å². The van der Waals surface area contributed by atoms with Crippen LogP contribution in [0.25, 0.3) is 0 Å². The van der Waals surface area contributed by atoms with E-state index in [9.17, 15) is 9.59 Å². The van der Waals surface area contributed by atoms with E-state index in [-0.39, 0.29) is 16.8 Å². The topological polar surface area (TPSA) is 79.8 Å². The van der Waals surface area contributed by atoms with Gasteiger partial charge in [0.15, 0.2) is 0 Å². The molecule has 0 aliphatic rings. The SMILES string of the molecule is COc1cccc(/C=N\NC(=O)c2ccc(NC(=O)c3ccc(Cl)cc3Cl)cc2)c1. The Morgan fingerprint density at radius 3 is 2.43 bits per heavy atom. The smallest absolute Gasteiger partial charge is 0.271 e. The molecule has 0 saturated heterocycles. The number of nitrogens with zero attached hydrogens (tertiary/aromatic N) is 1. The molecule has 0 radical (unpaired) electrons. The second-order valence-electron chi connectivity index (χ2n) is 6.13. The van der Waals surface area contributed by atoms with Crippen LogP contribution in [-0.2, 0) is 0 Å². The van der Waals surface area contributed by atoms with Gasteiger partial charge in [0.25, 0.3) is 11.8 Å². The molecule has 8 heteroatoms. The standard InChI is InChI=1S/C22H17Cl2N3O3/c1-30-18-4-2-3-14(11-18)13-25-27-21(28)15-5-8-17(9-6-15)26-22(29)19-10-7-16(23)12-20(19)24/h2-13H,1H3,(H,26,29)(H,27,28)/b25-13-. The molecule has 0 saturated carbocycles. The zero-order valence-electron chi connectivity index (χ0n) is 15.9. The molecule has 6 nitrogen and oxygen atoms in total. The summed E-state index contributed by atoms with van der Waals surface area (Å²) in [6.45, 7) is 0. The Morgan fingerprint density at radius 2 is 1.73 bits per heavy atom. The molecule has 0 fully saturated rings. The molecule has 3 aromatic carbocycles. The van der Waals surface area contributed by atoms with E-state index in [4.69, 9.17) is 27.9 Å². The minimum Gasteiger partial charge on any atom is -0.497 e. The van der Waals surface area contributed by atoms with Crippen molar-refractivity contribution >= 4 is 46.9 Å². The molecule has 2 N–H and O–H groups in total. The Kier molecular flexibility index (Phi) is 7.06. The fraction of sp³-hybridized carbons (Fsp3) is 0.0455. The third kappa shape index (κ3) is 5.59. The van der Waals surface area contributed by atoms with Gasteiger partial charge in [-0.3, -0.25) is 9.59 Å². The molecule has 0 bridgehead atoms. The van der Waals surface area contributed by atoms with Crippen LogP contribution in [0.4, 0.5) is 5.69 Å². The monoisotopic (exact) mass is 441 g/mol. The van der Waals surface area contributed by atoms with Crippen molar-refractivity contribution in [3.63, 3.8) is 0 Å².